The molecule has 0 spiro atoms. The number of alkyl halides is 3. The van der Waals surface area contributed by atoms with Crippen molar-refractivity contribution in [3.63, 3.8) is 0 Å². The summed E-state index contributed by atoms with van der Waals surface area (Å²) in [6, 6.07) is 2.59. The molecule has 0 aromatic carbocycles. The average Bonchev–Trinajstić information content (AvgIpc) is 2.16. The normalized spacial score (nSPS) is 10.4. The van der Waals surface area contributed by atoms with Gasteiger partial charge < -0.3 is 0 Å². The quantitative estimate of drug-likeness (QED) is 0.754. The van der Waals surface area contributed by atoms with Crippen LogP contribution in [-0.4, -0.2) is 4.98 Å². The Morgan fingerprint density at radius 1 is 1.53 bits per heavy atom. The number of nitriles is 1. The van der Waals surface area contributed by atoms with Crippen LogP contribution in [0.2, 0.25) is 0 Å². The Kier molecular flexibility index (Phi) is 3.92. The summed E-state index contributed by atoms with van der Waals surface area (Å²) >= 11 is 5.37. The van der Waals surface area contributed by atoms with Crippen LogP contribution in [0.5, 0.6) is 0 Å². The van der Waals surface area contributed by atoms with Crippen molar-refractivity contribution in [1.29, 1.82) is 5.26 Å². The topological polar surface area (TPSA) is 36.7 Å². The van der Waals surface area contributed by atoms with E-state index in [1.165, 1.54) is 0 Å². The smallest absolute Gasteiger partial charge is 0.255 e. The molecule has 0 radical (unpaired) electrons. The highest BCUT2D eigenvalue weighted by Crippen LogP contribution is 2.26. The third-order valence-electron chi connectivity index (χ3n) is 1.75. The predicted molar refractivity (Wildman–Crippen MR) is 48.0 cm³/mol. The lowest BCUT2D eigenvalue weighted by atomic mass is 10.1. The Balaban J connectivity index is 3.25. The second kappa shape index (κ2) is 4.99. The molecule has 0 aliphatic carbocycles. The van der Waals surface area contributed by atoms with Crippen LogP contribution in [0, 0.1) is 17.1 Å². The van der Waals surface area contributed by atoms with Crippen molar-refractivity contribution in [2.24, 2.45) is 0 Å². The minimum absolute atomic E-state index is 0.107. The van der Waals surface area contributed by atoms with Crippen molar-refractivity contribution < 1.29 is 13.2 Å². The van der Waals surface area contributed by atoms with E-state index in [-0.39, 0.29) is 23.7 Å². The lowest BCUT2D eigenvalue weighted by Gasteiger charge is -2.08. The number of pyridine rings is 1. The second-order valence-electron chi connectivity index (χ2n) is 2.73. The molecule has 1 rings (SSSR count). The number of rotatable bonds is 3. The van der Waals surface area contributed by atoms with Gasteiger partial charge in [0, 0.05) is 0 Å². The molecule has 1 aromatic heterocycles. The molecule has 15 heavy (non-hydrogen) atoms. The van der Waals surface area contributed by atoms with E-state index in [9.17, 15) is 13.2 Å². The Hall–Kier alpha value is -1.28. The van der Waals surface area contributed by atoms with Gasteiger partial charge in [0.1, 0.15) is 5.82 Å². The molecule has 0 aliphatic heterocycles. The van der Waals surface area contributed by atoms with Gasteiger partial charge in [0.25, 0.3) is 6.43 Å². The number of halogens is 4. The van der Waals surface area contributed by atoms with Crippen LogP contribution in [0.4, 0.5) is 13.2 Å². The molecule has 0 aliphatic rings. The molecule has 2 nitrogen and oxygen atoms in total. The van der Waals surface area contributed by atoms with E-state index < -0.39 is 17.8 Å². The van der Waals surface area contributed by atoms with Gasteiger partial charge in [-0.05, 0) is 6.07 Å². The molecule has 0 atom stereocenters. The lowest BCUT2D eigenvalue weighted by molar-refractivity contribution is 0.144. The van der Waals surface area contributed by atoms with Crippen LogP contribution in [-0.2, 0) is 12.3 Å². The van der Waals surface area contributed by atoms with Crippen molar-refractivity contribution in [1.82, 2.24) is 4.98 Å². The van der Waals surface area contributed by atoms with E-state index >= 15 is 0 Å². The lowest BCUT2D eigenvalue weighted by Crippen LogP contribution is -2.04. The maximum Gasteiger partial charge on any atom is 0.268 e. The first-order valence-electron chi connectivity index (χ1n) is 3.99. The fraction of sp³-hybridized carbons (Fsp3) is 0.333. The summed E-state index contributed by atoms with van der Waals surface area (Å²) in [4.78, 5) is 3.69. The van der Waals surface area contributed by atoms with Gasteiger partial charge in [0.15, 0.2) is 0 Å². The Morgan fingerprint density at radius 3 is 2.67 bits per heavy atom. The van der Waals surface area contributed by atoms with Crippen LogP contribution in [0.3, 0.4) is 0 Å². The van der Waals surface area contributed by atoms with E-state index in [0.29, 0.717) is 0 Å². The SMILES string of the molecule is N#CCc1cc(F)c(C(F)F)c(CCl)n1. The zero-order valence-corrected chi connectivity index (χ0v) is 8.23. The van der Waals surface area contributed by atoms with Crippen molar-refractivity contribution in [2.45, 2.75) is 18.7 Å². The molecule has 80 valence electrons. The van der Waals surface area contributed by atoms with E-state index in [1.54, 1.807) is 6.07 Å². The van der Waals surface area contributed by atoms with E-state index in [4.69, 9.17) is 16.9 Å². The summed E-state index contributed by atoms with van der Waals surface area (Å²) in [6.45, 7) is 0. The summed E-state index contributed by atoms with van der Waals surface area (Å²) in [5.41, 5.74) is -0.890. The summed E-state index contributed by atoms with van der Waals surface area (Å²) < 4.78 is 38.0. The highest BCUT2D eigenvalue weighted by molar-refractivity contribution is 6.17. The summed E-state index contributed by atoms with van der Waals surface area (Å²) in [7, 11) is 0. The number of nitrogens with zero attached hydrogens (tertiary/aromatic N) is 2. The molecule has 0 saturated heterocycles. The third-order valence-corrected chi connectivity index (χ3v) is 2.00. The van der Waals surface area contributed by atoms with Gasteiger partial charge in [0.2, 0.25) is 0 Å². The molecule has 0 N–H and O–H groups in total. The highest BCUT2D eigenvalue weighted by Gasteiger charge is 2.20. The van der Waals surface area contributed by atoms with Crippen LogP contribution in [0.25, 0.3) is 0 Å². The van der Waals surface area contributed by atoms with Crippen molar-refractivity contribution >= 4 is 11.6 Å². The van der Waals surface area contributed by atoms with Gasteiger partial charge in [-0.3, -0.25) is 4.98 Å². The molecule has 0 bridgehead atoms. The monoisotopic (exact) mass is 234 g/mol. The van der Waals surface area contributed by atoms with Gasteiger partial charge in [-0.2, -0.15) is 5.26 Å². The maximum atomic E-state index is 13.2. The predicted octanol–water partition coefficient (Wildman–Crippen LogP) is 2.96. The highest BCUT2D eigenvalue weighted by atomic mass is 35.5. The Labute approximate surface area is 89.3 Å². The van der Waals surface area contributed by atoms with E-state index in [0.717, 1.165) is 6.07 Å². The molecule has 0 amide bonds. The molecule has 0 saturated carbocycles. The summed E-state index contributed by atoms with van der Waals surface area (Å²) in [5, 5.41) is 8.36. The van der Waals surface area contributed by atoms with Gasteiger partial charge in [0.05, 0.1) is 35.3 Å². The van der Waals surface area contributed by atoms with Crippen LogP contribution < -0.4 is 0 Å². The Bertz CT molecular complexity index is 401. The maximum absolute atomic E-state index is 13.2. The molecule has 1 aromatic rings. The first-order chi connectivity index (χ1) is 7.10. The van der Waals surface area contributed by atoms with E-state index in [2.05, 4.69) is 4.98 Å². The minimum Gasteiger partial charge on any atom is -0.255 e. The summed E-state index contributed by atoms with van der Waals surface area (Å²) in [5.74, 6) is -1.38. The van der Waals surface area contributed by atoms with Crippen LogP contribution in [0.1, 0.15) is 23.4 Å². The molecular formula is C9H6ClF3N2. The molecular weight excluding hydrogens is 229 g/mol. The summed E-state index contributed by atoms with van der Waals surface area (Å²) in [6.07, 6.45) is -3.09. The van der Waals surface area contributed by atoms with Crippen LogP contribution >= 0.6 is 11.6 Å². The van der Waals surface area contributed by atoms with Crippen molar-refractivity contribution in [3.05, 3.63) is 28.8 Å². The van der Waals surface area contributed by atoms with Crippen LogP contribution in [0.15, 0.2) is 6.07 Å². The molecule has 0 fully saturated rings. The first kappa shape index (κ1) is 11.8. The first-order valence-corrected chi connectivity index (χ1v) is 4.52. The fourth-order valence-corrected chi connectivity index (χ4v) is 1.34. The standard InChI is InChI=1S/C9H6ClF3N2/c10-4-7-8(9(12)13)6(11)3-5(15-7)1-2-14/h3,9H,1,4H2. The number of hydrogen-bond donors (Lipinski definition) is 0. The minimum atomic E-state index is -2.96. The second-order valence-corrected chi connectivity index (χ2v) is 2.99. The number of aromatic nitrogens is 1. The molecule has 0 unspecified atom stereocenters. The van der Waals surface area contributed by atoms with Gasteiger partial charge >= 0.3 is 0 Å². The van der Waals surface area contributed by atoms with Crippen molar-refractivity contribution in [2.75, 3.05) is 0 Å². The Morgan fingerprint density at radius 2 is 2.20 bits per heavy atom. The van der Waals surface area contributed by atoms with Gasteiger partial charge in [-0.15, -0.1) is 11.6 Å². The zero-order valence-electron chi connectivity index (χ0n) is 7.48. The third kappa shape index (κ3) is 2.60. The van der Waals surface area contributed by atoms with Crippen molar-refractivity contribution in [3.8, 4) is 6.07 Å². The van der Waals surface area contributed by atoms with E-state index in [1.807, 2.05) is 0 Å². The molecule has 1 heterocycles. The average molecular weight is 235 g/mol. The van der Waals surface area contributed by atoms with Gasteiger partial charge in [-0.1, -0.05) is 0 Å². The zero-order chi connectivity index (χ0) is 11.4. The van der Waals surface area contributed by atoms with Gasteiger partial charge in [-0.25, -0.2) is 13.2 Å². The number of hydrogen-bond acceptors (Lipinski definition) is 2. The molecule has 6 heteroatoms. The fourth-order valence-electron chi connectivity index (χ4n) is 1.13. The largest absolute Gasteiger partial charge is 0.268 e.